The Kier molecular flexibility index (Phi) is 3.52. The largest absolute Gasteiger partial charge is 0.328 e. The van der Waals surface area contributed by atoms with E-state index in [0.717, 1.165) is 5.56 Å². The molecular formula is C12H12ClFN2O2. The molecule has 96 valence electrons. The number of amides is 3. The van der Waals surface area contributed by atoms with E-state index in [1.54, 1.807) is 6.07 Å². The van der Waals surface area contributed by atoms with Crippen molar-refractivity contribution in [3.8, 4) is 0 Å². The van der Waals surface area contributed by atoms with E-state index >= 15 is 0 Å². The van der Waals surface area contributed by atoms with Crippen molar-refractivity contribution in [2.45, 2.75) is 19.8 Å². The van der Waals surface area contributed by atoms with Gasteiger partial charge in [-0.1, -0.05) is 18.5 Å². The topological polar surface area (TPSA) is 49.4 Å². The van der Waals surface area contributed by atoms with Gasteiger partial charge in [0.15, 0.2) is 5.82 Å². The standard InChI is InChI=1S/C12H12ClFN2O2/c1-2-7-5-8(13)11(14)9(6-7)16-4-3-10(17)15-12(16)18/h5-6H,2-4H2,1H3,(H,15,17,18). The molecule has 18 heavy (non-hydrogen) atoms. The number of benzene rings is 1. The minimum Gasteiger partial charge on any atom is -0.291 e. The first-order valence-electron chi connectivity index (χ1n) is 5.62. The van der Waals surface area contributed by atoms with E-state index in [-0.39, 0.29) is 29.6 Å². The third-order valence-electron chi connectivity index (χ3n) is 2.82. The summed E-state index contributed by atoms with van der Waals surface area (Å²) in [5, 5.41) is 2.13. The predicted octanol–water partition coefficient (Wildman–Crippen LogP) is 2.49. The van der Waals surface area contributed by atoms with Crippen LogP contribution in [0.5, 0.6) is 0 Å². The highest BCUT2D eigenvalue weighted by atomic mass is 35.5. The number of nitrogens with zero attached hydrogens (tertiary/aromatic N) is 1. The average Bonchev–Trinajstić information content (AvgIpc) is 2.33. The van der Waals surface area contributed by atoms with Crippen molar-refractivity contribution >= 4 is 29.2 Å². The molecule has 1 N–H and O–H groups in total. The third kappa shape index (κ3) is 2.31. The lowest BCUT2D eigenvalue weighted by atomic mass is 10.1. The Bertz CT molecular complexity index is 519. The molecule has 1 aliphatic rings. The molecule has 0 atom stereocenters. The Morgan fingerprint density at radius 3 is 2.78 bits per heavy atom. The van der Waals surface area contributed by atoms with Crippen LogP contribution in [0.4, 0.5) is 14.9 Å². The summed E-state index contributed by atoms with van der Waals surface area (Å²) in [4.78, 5) is 23.9. The zero-order valence-electron chi connectivity index (χ0n) is 9.80. The molecule has 0 aromatic heterocycles. The number of rotatable bonds is 2. The lowest BCUT2D eigenvalue weighted by molar-refractivity contribution is -0.120. The van der Waals surface area contributed by atoms with Gasteiger partial charge in [-0.3, -0.25) is 15.0 Å². The van der Waals surface area contributed by atoms with Gasteiger partial charge in [0.1, 0.15) is 0 Å². The average molecular weight is 271 g/mol. The van der Waals surface area contributed by atoms with Gasteiger partial charge >= 0.3 is 6.03 Å². The van der Waals surface area contributed by atoms with Crippen LogP contribution < -0.4 is 10.2 Å². The van der Waals surface area contributed by atoms with Gasteiger partial charge in [0.05, 0.1) is 10.7 Å². The van der Waals surface area contributed by atoms with Crippen molar-refractivity contribution in [3.05, 3.63) is 28.5 Å². The van der Waals surface area contributed by atoms with Crippen molar-refractivity contribution < 1.29 is 14.0 Å². The van der Waals surface area contributed by atoms with Crippen LogP contribution in [0.3, 0.4) is 0 Å². The number of carbonyl (C=O) groups is 2. The van der Waals surface area contributed by atoms with E-state index in [9.17, 15) is 14.0 Å². The van der Waals surface area contributed by atoms with E-state index in [4.69, 9.17) is 11.6 Å². The lowest BCUT2D eigenvalue weighted by Crippen LogP contribution is -2.49. The Balaban J connectivity index is 2.41. The van der Waals surface area contributed by atoms with Crippen LogP contribution in [0.25, 0.3) is 0 Å². The van der Waals surface area contributed by atoms with Gasteiger partial charge in [-0.2, -0.15) is 0 Å². The van der Waals surface area contributed by atoms with E-state index in [1.807, 2.05) is 6.92 Å². The second kappa shape index (κ2) is 4.94. The summed E-state index contributed by atoms with van der Waals surface area (Å²) >= 11 is 5.79. The van der Waals surface area contributed by atoms with Crippen molar-refractivity contribution in [2.24, 2.45) is 0 Å². The highest BCUT2D eigenvalue weighted by molar-refractivity contribution is 6.31. The van der Waals surface area contributed by atoms with Gasteiger partial charge in [-0.15, -0.1) is 0 Å². The second-order valence-corrected chi connectivity index (χ2v) is 4.43. The Morgan fingerprint density at radius 1 is 1.44 bits per heavy atom. The molecule has 1 aliphatic heterocycles. The second-order valence-electron chi connectivity index (χ2n) is 4.02. The Labute approximate surface area is 109 Å². The molecule has 0 saturated carbocycles. The number of hydrogen-bond donors (Lipinski definition) is 1. The fourth-order valence-corrected chi connectivity index (χ4v) is 2.06. The summed E-state index contributed by atoms with van der Waals surface area (Å²) in [5.41, 5.74) is 0.949. The van der Waals surface area contributed by atoms with Crippen LogP contribution in [0.15, 0.2) is 12.1 Å². The van der Waals surface area contributed by atoms with Crippen LogP contribution in [-0.2, 0) is 11.2 Å². The van der Waals surface area contributed by atoms with Crippen LogP contribution in [-0.4, -0.2) is 18.5 Å². The summed E-state index contributed by atoms with van der Waals surface area (Å²) in [7, 11) is 0. The first kappa shape index (κ1) is 12.8. The zero-order valence-corrected chi connectivity index (χ0v) is 10.6. The summed E-state index contributed by atoms with van der Waals surface area (Å²) in [6, 6.07) is 2.50. The van der Waals surface area contributed by atoms with Crippen molar-refractivity contribution in [1.29, 1.82) is 0 Å². The van der Waals surface area contributed by atoms with Crippen LogP contribution in [0.1, 0.15) is 18.9 Å². The Hall–Kier alpha value is -1.62. The molecule has 0 aliphatic carbocycles. The number of imide groups is 1. The molecule has 1 aromatic carbocycles. The first-order chi connectivity index (χ1) is 8.52. The molecule has 6 heteroatoms. The Morgan fingerprint density at radius 2 is 2.17 bits per heavy atom. The van der Waals surface area contributed by atoms with E-state index in [2.05, 4.69) is 5.32 Å². The van der Waals surface area contributed by atoms with Crippen LogP contribution in [0.2, 0.25) is 5.02 Å². The summed E-state index contributed by atoms with van der Waals surface area (Å²) < 4.78 is 13.9. The van der Waals surface area contributed by atoms with Gasteiger partial charge in [0, 0.05) is 13.0 Å². The number of carbonyl (C=O) groups excluding carboxylic acids is 2. The SMILES string of the molecule is CCc1cc(Cl)c(F)c(N2CCC(=O)NC2=O)c1. The molecule has 0 radical (unpaired) electrons. The van der Waals surface area contributed by atoms with E-state index in [1.165, 1.54) is 11.0 Å². The monoisotopic (exact) mass is 270 g/mol. The van der Waals surface area contributed by atoms with Crippen molar-refractivity contribution in [1.82, 2.24) is 5.32 Å². The van der Waals surface area contributed by atoms with Crippen LogP contribution in [0, 0.1) is 5.82 Å². The van der Waals surface area contributed by atoms with Gasteiger partial charge in [0.25, 0.3) is 0 Å². The van der Waals surface area contributed by atoms with E-state index < -0.39 is 11.8 Å². The highest BCUT2D eigenvalue weighted by Gasteiger charge is 2.27. The highest BCUT2D eigenvalue weighted by Crippen LogP contribution is 2.29. The van der Waals surface area contributed by atoms with Gasteiger partial charge in [-0.05, 0) is 24.1 Å². The molecule has 0 spiro atoms. The fraction of sp³-hybridized carbons (Fsp3) is 0.333. The summed E-state index contributed by atoms with van der Waals surface area (Å²) in [6.07, 6.45) is 0.834. The van der Waals surface area contributed by atoms with Crippen molar-refractivity contribution in [3.63, 3.8) is 0 Å². The molecule has 0 bridgehead atoms. The first-order valence-corrected chi connectivity index (χ1v) is 6.00. The lowest BCUT2D eigenvalue weighted by Gasteiger charge is -2.27. The summed E-state index contributed by atoms with van der Waals surface area (Å²) in [6.45, 7) is 2.07. The van der Waals surface area contributed by atoms with E-state index in [0.29, 0.717) is 6.42 Å². The molecule has 3 amide bonds. The molecule has 0 unspecified atom stereocenters. The number of halogens is 2. The number of hydrogen-bond acceptors (Lipinski definition) is 2. The smallest absolute Gasteiger partial charge is 0.291 e. The maximum Gasteiger partial charge on any atom is 0.328 e. The molecule has 1 fully saturated rings. The zero-order chi connectivity index (χ0) is 13.3. The predicted molar refractivity (Wildman–Crippen MR) is 66.3 cm³/mol. The molecule has 4 nitrogen and oxygen atoms in total. The number of urea groups is 1. The number of aryl methyl sites for hydroxylation is 1. The maximum atomic E-state index is 13.9. The molecule has 2 rings (SSSR count). The fourth-order valence-electron chi connectivity index (χ4n) is 1.82. The maximum absolute atomic E-state index is 13.9. The van der Waals surface area contributed by atoms with Gasteiger partial charge in [0.2, 0.25) is 5.91 Å². The van der Waals surface area contributed by atoms with Gasteiger partial charge in [-0.25, -0.2) is 9.18 Å². The molecule has 1 saturated heterocycles. The third-order valence-corrected chi connectivity index (χ3v) is 3.10. The molecule has 1 aromatic rings. The number of anilines is 1. The van der Waals surface area contributed by atoms with Gasteiger partial charge < -0.3 is 0 Å². The minimum atomic E-state index is -0.640. The summed E-state index contributed by atoms with van der Waals surface area (Å²) in [5.74, 6) is -0.993. The van der Waals surface area contributed by atoms with Crippen molar-refractivity contribution in [2.75, 3.05) is 11.4 Å². The quantitative estimate of drug-likeness (QED) is 0.898. The number of nitrogens with one attached hydrogen (secondary N) is 1. The minimum absolute atomic E-state index is 0.0194. The molecular weight excluding hydrogens is 259 g/mol. The molecule has 1 heterocycles. The normalized spacial score (nSPS) is 15.8. The van der Waals surface area contributed by atoms with Crippen LogP contribution >= 0.6 is 11.6 Å².